The van der Waals surface area contributed by atoms with E-state index in [1.165, 1.54) is 11.3 Å². The van der Waals surface area contributed by atoms with E-state index in [0.29, 0.717) is 25.9 Å². The Labute approximate surface area is 150 Å². The molecule has 2 aromatic rings. The molecule has 0 aliphatic carbocycles. The van der Waals surface area contributed by atoms with Gasteiger partial charge in [0.2, 0.25) is 11.8 Å². The lowest BCUT2D eigenvalue weighted by Gasteiger charge is -2.24. The van der Waals surface area contributed by atoms with Crippen molar-refractivity contribution in [3.8, 4) is 5.75 Å². The molecule has 1 N–H and O–H groups in total. The van der Waals surface area contributed by atoms with Crippen molar-refractivity contribution in [1.29, 1.82) is 0 Å². The summed E-state index contributed by atoms with van der Waals surface area (Å²) in [4.78, 5) is 30.8. The van der Waals surface area contributed by atoms with Crippen molar-refractivity contribution in [3.63, 3.8) is 0 Å². The summed E-state index contributed by atoms with van der Waals surface area (Å²) in [5.74, 6) is 0.587. The Bertz CT molecular complexity index is 774. The first-order valence-electron chi connectivity index (χ1n) is 8.18. The third kappa shape index (κ3) is 3.99. The number of likely N-dealkylation sites (tertiary alicyclic amines) is 1. The molecule has 2 amide bonds. The molecule has 3 rings (SSSR count). The maximum absolute atomic E-state index is 12.6. The molecule has 1 aliphatic heterocycles. The standard InChI is InChI=1S/C18H21N3O3S/c1-12-11-25-16(20-12)9-19-18(23)14-7-8-17(22)21(14)10-13-5-3-4-6-15(13)24-2/h3-6,11,14H,7-10H2,1-2H3,(H,19,23)/t14-/m0/s1. The summed E-state index contributed by atoms with van der Waals surface area (Å²) in [6, 6.07) is 7.11. The number of para-hydroxylation sites is 1. The fourth-order valence-corrected chi connectivity index (χ4v) is 3.70. The lowest BCUT2D eigenvalue weighted by Crippen LogP contribution is -2.44. The third-order valence-electron chi connectivity index (χ3n) is 4.24. The number of aryl methyl sites for hydroxylation is 1. The normalized spacial score (nSPS) is 17.0. The zero-order chi connectivity index (χ0) is 17.8. The summed E-state index contributed by atoms with van der Waals surface area (Å²) in [6.45, 7) is 2.69. The Morgan fingerprint density at radius 1 is 1.44 bits per heavy atom. The van der Waals surface area contributed by atoms with E-state index in [4.69, 9.17) is 4.74 Å². The third-order valence-corrected chi connectivity index (χ3v) is 5.21. The van der Waals surface area contributed by atoms with Gasteiger partial charge in [-0.2, -0.15) is 0 Å². The van der Waals surface area contributed by atoms with Gasteiger partial charge in [-0.3, -0.25) is 9.59 Å². The zero-order valence-electron chi connectivity index (χ0n) is 14.3. The van der Waals surface area contributed by atoms with Crippen molar-refractivity contribution in [3.05, 3.63) is 45.9 Å². The number of nitrogens with one attached hydrogen (secondary N) is 1. The molecule has 1 atom stereocenters. The SMILES string of the molecule is COc1ccccc1CN1C(=O)CC[C@H]1C(=O)NCc1nc(C)cs1. The number of hydrogen-bond donors (Lipinski definition) is 1. The van der Waals surface area contributed by atoms with Gasteiger partial charge in [0, 0.05) is 23.1 Å². The van der Waals surface area contributed by atoms with Gasteiger partial charge < -0.3 is 15.0 Å². The minimum absolute atomic E-state index is 0.00357. The number of carbonyl (C=O) groups is 2. The number of aromatic nitrogens is 1. The second-order valence-corrected chi connectivity index (χ2v) is 6.93. The van der Waals surface area contributed by atoms with Crippen LogP contribution in [0.5, 0.6) is 5.75 Å². The fraction of sp³-hybridized carbons (Fsp3) is 0.389. The second-order valence-electron chi connectivity index (χ2n) is 5.99. The van der Waals surface area contributed by atoms with E-state index in [-0.39, 0.29) is 11.8 Å². The van der Waals surface area contributed by atoms with Crippen molar-refractivity contribution in [2.45, 2.75) is 38.9 Å². The molecular weight excluding hydrogens is 338 g/mol. The van der Waals surface area contributed by atoms with Gasteiger partial charge in [-0.1, -0.05) is 18.2 Å². The summed E-state index contributed by atoms with van der Waals surface area (Å²) < 4.78 is 5.35. The second kappa shape index (κ2) is 7.65. The predicted octanol–water partition coefficient (Wildman–Crippen LogP) is 2.27. The van der Waals surface area contributed by atoms with Crippen molar-refractivity contribution >= 4 is 23.2 Å². The summed E-state index contributed by atoms with van der Waals surface area (Å²) >= 11 is 1.52. The number of rotatable bonds is 6. The van der Waals surface area contributed by atoms with Crippen molar-refractivity contribution in [2.75, 3.05) is 7.11 Å². The number of methoxy groups -OCH3 is 1. The molecule has 0 spiro atoms. The van der Waals surface area contributed by atoms with Gasteiger partial charge in [-0.05, 0) is 19.4 Å². The van der Waals surface area contributed by atoms with Crippen molar-refractivity contribution < 1.29 is 14.3 Å². The molecule has 0 saturated carbocycles. The first-order valence-corrected chi connectivity index (χ1v) is 9.06. The minimum Gasteiger partial charge on any atom is -0.496 e. The van der Waals surface area contributed by atoms with Gasteiger partial charge in [-0.15, -0.1) is 11.3 Å². The molecule has 7 heteroatoms. The number of benzene rings is 1. The number of hydrogen-bond acceptors (Lipinski definition) is 5. The molecule has 6 nitrogen and oxygen atoms in total. The van der Waals surface area contributed by atoms with Crippen LogP contribution in [0, 0.1) is 6.92 Å². The molecule has 1 fully saturated rings. The smallest absolute Gasteiger partial charge is 0.243 e. The molecule has 1 aromatic heterocycles. The molecule has 1 aliphatic rings. The highest BCUT2D eigenvalue weighted by Gasteiger charge is 2.36. The van der Waals surface area contributed by atoms with E-state index in [9.17, 15) is 9.59 Å². The topological polar surface area (TPSA) is 71.5 Å². The lowest BCUT2D eigenvalue weighted by molar-refractivity contribution is -0.135. The van der Waals surface area contributed by atoms with Crippen molar-refractivity contribution in [1.82, 2.24) is 15.2 Å². The molecule has 1 aromatic carbocycles. The monoisotopic (exact) mass is 359 g/mol. The summed E-state index contributed by atoms with van der Waals surface area (Å²) in [5, 5.41) is 5.72. The highest BCUT2D eigenvalue weighted by atomic mass is 32.1. The van der Waals surface area contributed by atoms with Crippen LogP contribution >= 0.6 is 11.3 Å². The van der Waals surface area contributed by atoms with Crippen LogP contribution < -0.4 is 10.1 Å². The van der Waals surface area contributed by atoms with Gasteiger partial charge in [0.05, 0.1) is 20.2 Å². The highest BCUT2D eigenvalue weighted by Crippen LogP contribution is 2.26. The van der Waals surface area contributed by atoms with Gasteiger partial charge in [0.25, 0.3) is 0 Å². The van der Waals surface area contributed by atoms with Crippen LogP contribution in [0.4, 0.5) is 0 Å². The van der Waals surface area contributed by atoms with Crippen LogP contribution in [0.15, 0.2) is 29.6 Å². The number of nitrogens with zero attached hydrogens (tertiary/aromatic N) is 2. The van der Waals surface area contributed by atoms with Crippen LogP contribution in [0.2, 0.25) is 0 Å². The number of thiazole rings is 1. The molecule has 0 unspecified atom stereocenters. The van der Waals surface area contributed by atoms with E-state index >= 15 is 0 Å². The Morgan fingerprint density at radius 2 is 2.24 bits per heavy atom. The van der Waals surface area contributed by atoms with Crippen LogP contribution in [0.3, 0.4) is 0 Å². The number of ether oxygens (including phenoxy) is 1. The summed E-state index contributed by atoms with van der Waals surface area (Å²) in [6.07, 6.45) is 0.931. The Morgan fingerprint density at radius 3 is 2.96 bits per heavy atom. The predicted molar refractivity (Wildman–Crippen MR) is 95.3 cm³/mol. The van der Waals surface area contributed by atoms with Gasteiger partial charge in [-0.25, -0.2) is 4.98 Å². The van der Waals surface area contributed by atoms with E-state index < -0.39 is 6.04 Å². The van der Waals surface area contributed by atoms with Crippen LogP contribution in [0.1, 0.15) is 29.1 Å². The molecule has 0 radical (unpaired) electrons. The average Bonchev–Trinajstić information content (AvgIpc) is 3.19. The number of amides is 2. The fourth-order valence-electron chi connectivity index (χ4n) is 2.99. The highest BCUT2D eigenvalue weighted by molar-refractivity contribution is 7.09. The molecule has 0 bridgehead atoms. The summed E-state index contributed by atoms with van der Waals surface area (Å²) in [7, 11) is 1.60. The molecule has 2 heterocycles. The maximum atomic E-state index is 12.6. The Balaban J connectivity index is 1.67. The van der Waals surface area contributed by atoms with Gasteiger partial charge >= 0.3 is 0 Å². The maximum Gasteiger partial charge on any atom is 0.243 e. The molecular formula is C18H21N3O3S. The van der Waals surface area contributed by atoms with Gasteiger partial charge in [0.15, 0.2) is 0 Å². The van der Waals surface area contributed by atoms with Crippen LogP contribution in [0.25, 0.3) is 0 Å². The molecule has 25 heavy (non-hydrogen) atoms. The first kappa shape index (κ1) is 17.4. The van der Waals surface area contributed by atoms with Crippen LogP contribution in [-0.4, -0.2) is 34.8 Å². The molecule has 132 valence electrons. The van der Waals surface area contributed by atoms with E-state index in [1.54, 1.807) is 12.0 Å². The first-order chi connectivity index (χ1) is 12.1. The van der Waals surface area contributed by atoms with Crippen molar-refractivity contribution in [2.24, 2.45) is 0 Å². The molecule has 1 saturated heterocycles. The largest absolute Gasteiger partial charge is 0.496 e. The quantitative estimate of drug-likeness (QED) is 0.859. The average molecular weight is 359 g/mol. The van der Waals surface area contributed by atoms with E-state index in [2.05, 4.69) is 10.3 Å². The Hall–Kier alpha value is -2.41. The summed E-state index contributed by atoms with van der Waals surface area (Å²) in [5.41, 5.74) is 1.84. The lowest BCUT2D eigenvalue weighted by atomic mass is 10.1. The Kier molecular flexibility index (Phi) is 5.33. The van der Waals surface area contributed by atoms with Gasteiger partial charge in [0.1, 0.15) is 16.8 Å². The van der Waals surface area contributed by atoms with E-state index in [1.807, 2.05) is 36.6 Å². The van der Waals surface area contributed by atoms with E-state index in [0.717, 1.165) is 22.0 Å². The van der Waals surface area contributed by atoms with Crippen LogP contribution in [-0.2, 0) is 22.7 Å². The minimum atomic E-state index is -0.446. The zero-order valence-corrected chi connectivity index (χ0v) is 15.1. The number of carbonyl (C=O) groups excluding carboxylic acids is 2.